The highest BCUT2D eigenvalue weighted by Gasteiger charge is 2.46. The van der Waals surface area contributed by atoms with Crippen LogP contribution in [0, 0.1) is 23.1 Å². The van der Waals surface area contributed by atoms with Gasteiger partial charge in [0, 0.05) is 16.7 Å². The molecule has 0 aromatic heterocycles. The molecule has 0 aliphatic heterocycles. The van der Waals surface area contributed by atoms with Gasteiger partial charge in [-0.25, -0.2) is 4.39 Å². The molecular weight excluding hydrogens is 259 g/mol. The average molecular weight is 278 g/mol. The summed E-state index contributed by atoms with van der Waals surface area (Å²) in [6.07, 6.45) is 2.18. The lowest BCUT2D eigenvalue weighted by atomic mass is 9.96. The second kappa shape index (κ2) is 5.94. The van der Waals surface area contributed by atoms with Crippen molar-refractivity contribution >= 4 is 11.8 Å². The van der Waals surface area contributed by atoms with Crippen LogP contribution in [0.25, 0.3) is 0 Å². The molecule has 1 N–H and O–H groups in total. The predicted molar refractivity (Wildman–Crippen MR) is 76.5 cm³/mol. The van der Waals surface area contributed by atoms with Crippen molar-refractivity contribution in [3.8, 4) is 6.07 Å². The molecule has 1 saturated carbocycles. The topological polar surface area (TPSA) is 35.8 Å². The van der Waals surface area contributed by atoms with Crippen LogP contribution in [0.2, 0.25) is 0 Å². The highest BCUT2D eigenvalue weighted by molar-refractivity contribution is 7.99. The van der Waals surface area contributed by atoms with Gasteiger partial charge in [0.05, 0.1) is 6.07 Å². The normalized spacial score (nSPS) is 18.1. The molecule has 0 radical (unpaired) electrons. The minimum atomic E-state index is -0.527. The van der Waals surface area contributed by atoms with Gasteiger partial charge in [-0.05, 0) is 44.7 Å². The fourth-order valence-corrected chi connectivity index (χ4v) is 3.43. The summed E-state index contributed by atoms with van der Waals surface area (Å²) in [6, 6.07) is 9.44. The number of hydrogen-bond acceptors (Lipinski definition) is 3. The summed E-state index contributed by atoms with van der Waals surface area (Å²) < 4.78 is 13.6. The van der Waals surface area contributed by atoms with E-state index in [0.717, 1.165) is 12.8 Å². The summed E-state index contributed by atoms with van der Waals surface area (Å²) in [5.74, 6) is 0.784. The lowest BCUT2D eigenvalue weighted by Crippen LogP contribution is -2.51. The van der Waals surface area contributed by atoms with E-state index in [0.29, 0.717) is 16.6 Å². The van der Waals surface area contributed by atoms with Gasteiger partial charge < -0.3 is 0 Å². The molecule has 19 heavy (non-hydrogen) atoms. The van der Waals surface area contributed by atoms with Crippen molar-refractivity contribution in [2.24, 2.45) is 5.92 Å². The van der Waals surface area contributed by atoms with E-state index in [1.807, 2.05) is 19.9 Å². The van der Waals surface area contributed by atoms with Crippen LogP contribution in [0.1, 0.15) is 26.7 Å². The molecule has 0 saturated heterocycles. The van der Waals surface area contributed by atoms with Crippen LogP contribution < -0.4 is 5.32 Å². The fourth-order valence-electron chi connectivity index (χ4n) is 2.28. The number of hydrogen-bond donors (Lipinski definition) is 1. The smallest absolute Gasteiger partial charge is 0.136 e. The molecule has 102 valence electrons. The van der Waals surface area contributed by atoms with Crippen molar-refractivity contribution in [3.05, 3.63) is 30.1 Å². The van der Waals surface area contributed by atoms with E-state index in [9.17, 15) is 9.65 Å². The van der Waals surface area contributed by atoms with Gasteiger partial charge >= 0.3 is 0 Å². The maximum Gasteiger partial charge on any atom is 0.136 e. The van der Waals surface area contributed by atoms with E-state index in [2.05, 4.69) is 11.4 Å². The molecule has 1 aromatic rings. The second-order valence-electron chi connectivity index (χ2n) is 5.38. The summed E-state index contributed by atoms with van der Waals surface area (Å²) in [5, 5.41) is 13.0. The zero-order valence-electron chi connectivity index (χ0n) is 11.3. The largest absolute Gasteiger partial charge is 0.296 e. The summed E-state index contributed by atoms with van der Waals surface area (Å²) in [6.45, 7) is 4.09. The van der Waals surface area contributed by atoms with E-state index in [-0.39, 0.29) is 11.9 Å². The number of nitrogens with one attached hydrogen (secondary N) is 1. The third-order valence-electron chi connectivity index (χ3n) is 3.31. The Labute approximate surface area is 118 Å². The summed E-state index contributed by atoms with van der Waals surface area (Å²) >= 11 is 1.43. The third kappa shape index (κ3) is 3.49. The number of thioether (sulfide) groups is 1. The Morgan fingerprint density at radius 2 is 2.16 bits per heavy atom. The van der Waals surface area contributed by atoms with Crippen LogP contribution in [-0.2, 0) is 0 Å². The summed E-state index contributed by atoms with van der Waals surface area (Å²) in [7, 11) is 0. The number of rotatable bonds is 6. The van der Waals surface area contributed by atoms with Gasteiger partial charge in [0.25, 0.3) is 0 Å². The van der Waals surface area contributed by atoms with Crippen LogP contribution >= 0.6 is 11.8 Å². The Morgan fingerprint density at radius 3 is 2.68 bits per heavy atom. The number of nitrogens with zero attached hydrogens (tertiary/aromatic N) is 1. The van der Waals surface area contributed by atoms with Crippen LogP contribution in [-0.4, -0.2) is 17.3 Å². The van der Waals surface area contributed by atoms with Crippen LogP contribution in [0.15, 0.2) is 29.2 Å². The molecule has 0 amide bonds. The molecule has 4 heteroatoms. The standard InChI is InChI=1S/C15H19FN2S/c1-11(2)18-15(9-17,12-7-8-12)10-19-14-6-4-3-5-13(14)16/h3-6,11-12,18H,7-8,10H2,1-2H3. The van der Waals surface area contributed by atoms with Crippen LogP contribution in [0.5, 0.6) is 0 Å². The monoisotopic (exact) mass is 278 g/mol. The minimum absolute atomic E-state index is 0.209. The van der Waals surface area contributed by atoms with Gasteiger partial charge in [-0.1, -0.05) is 12.1 Å². The first kappa shape index (κ1) is 14.4. The third-order valence-corrected chi connectivity index (χ3v) is 4.55. The van der Waals surface area contributed by atoms with Crippen molar-refractivity contribution in [1.82, 2.24) is 5.32 Å². The van der Waals surface area contributed by atoms with Crippen LogP contribution in [0.4, 0.5) is 4.39 Å². The van der Waals surface area contributed by atoms with Crippen molar-refractivity contribution in [1.29, 1.82) is 5.26 Å². The zero-order chi connectivity index (χ0) is 13.9. The van der Waals surface area contributed by atoms with Gasteiger partial charge in [0.1, 0.15) is 11.4 Å². The summed E-state index contributed by atoms with van der Waals surface area (Å²) in [5.41, 5.74) is -0.527. The molecule has 1 aliphatic rings. The van der Waals surface area contributed by atoms with E-state index in [1.165, 1.54) is 17.8 Å². The molecule has 1 aliphatic carbocycles. The van der Waals surface area contributed by atoms with Gasteiger partial charge in [0.2, 0.25) is 0 Å². The van der Waals surface area contributed by atoms with Crippen molar-refractivity contribution in [2.75, 3.05) is 5.75 Å². The van der Waals surface area contributed by atoms with Crippen LogP contribution in [0.3, 0.4) is 0 Å². The first-order valence-electron chi connectivity index (χ1n) is 6.63. The number of nitriles is 1. The quantitative estimate of drug-likeness (QED) is 0.808. The lowest BCUT2D eigenvalue weighted by molar-refractivity contribution is 0.370. The molecule has 1 aromatic carbocycles. The molecule has 2 rings (SSSR count). The molecule has 1 fully saturated rings. The molecule has 0 heterocycles. The van der Waals surface area contributed by atoms with Gasteiger partial charge in [0.15, 0.2) is 0 Å². The van der Waals surface area contributed by atoms with Crippen molar-refractivity contribution < 1.29 is 4.39 Å². The average Bonchev–Trinajstić information content (AvgIpc) is 3.20. The Morgan fingerprint density at radius 1 is 1.47 bits per heavy atom. The first-order chi connectivity index (χ1) is 9.07. The Kier molecular flexibility index (Phi) is 4.49. The van der Waals surface area contributed by atoms with Gasteiger partial charge in [-0.2, -0.15) is 5.26 Å². The molecule has 0 bridgehead atoms. The van der Waals surface area contributed by atoms with Crippen molar-refractivity contribution in [3.63, 3.8) is 0 Å². The first-order valence-corrected chi connectivity index (χ1v) is 7.62. The Hall–Kier alpha value is -1.05. The molecule has 2 nitrogen and oxygen atoms in total. The maximum absolute atomic E-state index is 13.6. The van der Waals surface area contributed by atoms with E-state index < -0.39 is 5.54 Å². The van der Waals surface area contributed by atoms with Gasteiger partial charge in [-0.3, -0.25) is 5.32 Å². The minimum Gasteiger partial charge on any atom is -0.296 e. The molecule has 0 spiro atoms. The molecule has 1 unspecified atom stereocenters. The molecular formula is C15H19FN2S. The number of halogens is 1. The lowest BCUT2D eigenvalue weighted by Gasteiger charge is -2.30. The van der Waals surface area contributed by atoms with Crippen molar-refractivity contribution in [2.45, 2.75) is 43.2 Å². The van der Waals surface area contributed by atoms with E-state index in [1.54, 1.807) is 12.1 Å². The van der Waals surface area contributed by atoms with E-state index in [4.69, 9.17) is 0 Å². The highest BCUT2D eigenvalue weighted by atomic mass is 32.2. The number of benzene rings is 1. The van der Waals surface area contributed by atoms with Gasteiger partial charge in [-0.15, -0.1) is 11.8 Å². The summed E-state index contributed by atoms with van der Waals surface area (Å²) in [4.78, 5) is 0.619. The maximum atomic E-state index is 13.6. The predicted octanol–water partition coefficient (Wildman–Crippen LogP) is 3.59. The zero-order valence-corrected chi connectivity index (χ0v) is 12.1. The Balaban J connectivity index is 2.09. The Bertz CT molecular complexity index is 479. The second-order valence-corrected chi connectivity index (χ2v) is 6.39. The van der Waals surface area contributed by atoms with E-state index >= 15 is 0 Å². The molecule has 1 atom stereocenters. The highest BCUT2D eigenvalue weighted by Crippen LogP contribution is 2.42. The SMILES string of the molecule is CC(C)NC(C#N)(CSc1ccccc1F)C1CC1. The fraction of sp³-hybridized carbons (Fsp3) is 0.533.